The van der Waals surface area contributed by atoms with E-state index in [1.54, 1.807) is 6.20 Å². The Labute approximate surface area is 314 Å². The van der Waals surface area contributed by atoms with Crippen molar-refractivity contribution in [3.05, 3.63) is 101 Å². The number of amides is 1. The summed E-state index contributed by atoms with van der Waals surface area (Å²) >= 11 is 1.84. The maximum Gasteiger partial charge on any atom is 0.482 e. The highest BCUT2D eigenvalue weighted by Crippen LogP contribution is 2.65. The minimum Gasteiger partial charge on any atom is -0.449 e. The summed E-state index contributed by atoms with van der Waals surface area (Å²) in [6.07, 6.45) is 8.08. The fraction of sp³-hybridized carbons (Fsp3) is 0.548. The number of ether oxygens (including phenoxy) is 2. The van der Waals surface area contributed by atoms with E-state index >= 15 is 0 Å². The summed E-state index contributed by atoms with van der Waals surface area (Å²) in [6.45, 7) is 12.7. The zero-order chi connectivity index (χ0) is 36.9. The average molecular weight is 724 g/mol. The Hall–Kier alpha value is -3.36. The van der Waals surface area contributed by atoms with Gasteiger partial charge in [-0.1, -0.05) is 82.3 Å². The fourth-order valence-electron chi connectivity index (χ4n) is 8.44. The van der Waals surface area contributed by atoms with Gasteiger partial charge in [0.2, 0.25) is 0 Å². The number of hydrogen-bond donors (Lipinski definition) is 1. The van der Waals surface area contributed by atoms with Crippen LogP contribution in [0, 0.1) is 28.6 Å². The number of benzene rings is 2. The Balaban J connectivity index is 1.11. The van der Waals surface area contributed by atoms with Gasteiger partial charge in [-0.15, -0.1) is 0 Å². The van der Waals surface area contributed by atoms with E-state index in [1.165, 1.54) is 6.42 Å². The van der Waals surface area contributed by atoms with Crippen molar-refractivity contribution in [3.8, 4) is 6.07 Å². The van der Waals surface area contributed by atoms with Gasteiger partial charge in [-0.05, 0) is 96.9 Å². The molecule has 3 unspecified atom stereocenters. The Morgan fingerprint density at radius 1 is 1.04 bits per heavy atom. The molecule has 0 radical (unpaired) electrons. The van der Waals surface area contributed by atoms with Gasteiger partial charge in [0.15, 0.2) is 0 Å². The number of nitrogens with one attached hydrogen (secondary N) is 1. The van der Waals surface area contributed by atoms with E-state index in [0.717, 1.165) is 40.8 Å². The first-order valence-corrected chi connectivity index (χ1v) is 20.0. The van der Waals surface area contributed by atoms with Crippen LogP contribution in [0.2, 0.25) is 0 Å². The zero-order valence-corrected chi connectivity index (χ0v) is 32.4. The molecule has 3 aliphatic carbocycles. The third-order valence-corrected chi connectivity index (χ3v) is 13.3. The number of rotatable bonds is 16. The summed E-state index contributed by atoms with van der Waals surface area (Å²) in [7, 11) is -0.564. The standard InChI is InChI=1S/C42H54BN3O5S/c1-40(2,52-6)16-19-48-28-32-21-30(20-31(22-32)23-33(27-44)35-14-10-11-17-45-35)15-18-49-39(47)46-38(24-29-12-8-7-9-13-29)43-50-37-26-34-25-36(41(34,3)4)42(37,5)51-43/h7-14,17,20-22,33-34,36-38H,15-16,18-19,23-26,28H2,1-6H3,(H,46,47)/t33?,34?,36?,37-,38+,42+/m1/s1. The molecule has 52 heavy (non-hydrogen) atoms. The van der Waals surface area contributed by atoms with E-state index in [2.05, 4.69) is 87.6 Å². The molecular formula is C42H54BN3O5S. The lowest BCUT2D eigenvalue weighted by Gasteiger charge is -2.64. The molecule has 1 saturated heterocycles. The second-order valence-electron chi connectivity index (χ2n) is 16.2. The minimum atomic E-state index is -0.564. The monoisotopic (exact) mass is 723 g/mol. The summed E-state index contributed by atoms with van der Waals surface area (Å²) in [5.41, 5.74) is 4.78. The van der Waals surface area contributed by atoms with Gasteiger partial charge in [0.25, 0.3) is 0 Å². The second-order valence-corrected chi connectivity index (χ2v) is 17.7. The van der Waals surface area contributed by atoms with Crippen LogP contribution in [0.1, 0.15) is 87.7 Å². The first-order chi connectivity index (χ1) is 24.9. The number of carbonyl (C=O) groups excluding carboxylic acids is 1. The van der Waals surface area contributed by atoms with Crippen molar-refractivity contribution in [3.63, 3.8) is 0 Å². The van der Waals surface area contributed by atoms with Crippen molar-refractivity contribution < 1.29 is 23.6 Å². The molecule has 1 N–H and O–H groups in total. The number of pyridine rings is 1. The van der Waals surface area contributed by atoms with Crippen molar-refractivity contribution in [2.24, 2.45) is 17.3 Å². The highest BCUT2D eigenvalue weighted by Gasteiger charge is 2.68. The van der Waals surface area contributed by atoms with Gasteiger partial charge in [-0.3, -0.25) is 4.98 Å². The first-order valence-electron chi connectivity index (χ1n) is 18.8. The summed E-state index contributed by atoms with van der Waals surface area (Å²) in [5.74, 6) is 0.287. The topological polar surface area (TPSA) is 103 Å². The number of thioether (sulfide) groups is 1. The van der Waals surface area contributed by atoms with Crippen LogP contribution in [0.25, 0.3) is 0 Å². The van der Waals surface area contributed by atoms with E-state index in [4.69, 9.17) is 18.8 Å². The van der Waals surface area contributed by atoms with Crippen LogP contribution in [-0.2, 0) is 44.7 Å². The lowest BCUT2D eigenvalue weighted by atomic mass is 9.43. The Bertz CT molecular complexity index is 1700. The van der Waals surface area contributed by atoms with Crippen LogP contribution < -0.4 is 5.32 Å². The maximum atomic E-state index is 13.4. The number of carbonyl (C=O) groups is 1. The predicted molar refractivity (Wildman–Crippen MR) is 207 cm³/mol. The Morgan fingerprint density at radius 3 is 2.50 bits per heavy atom. The molecule has 7 rings (SSSR count). The average Bonchev–Trinajstić information content (AvgIpc) is 3.50. The molecule has 1 amide bonds. The van der Waals surface area contributed by atoms with Crippen LogP contribution >= 0.6 is 11.8 Å². The summed E-state index contributed by atoms with van der Waals surface area (Å²) in [4.78, 5) is 17.8. The van der Waals surface area contributed by atoms with Gasteiger partial charge in [0, 0.05) is 24.0 Å². The van der Waals surface area contributed by atoms with Gasteiger partial charge in [0.05, 0.1) is 48.5 Å². The summed E-state index contributed by atoms with van der Waals surface area (Å²) in [5, 5.41) is 13.1. The molecule has 2 heterocycles. The Kier molecular flexibility index (Phi) is 12.1. The van der Waals surface area contributed by atoms with E-state index in [9.17, 15) is 10.1 Å². The van der Waals surface area contributed by atoms with Crippen molar-refractivity contribution in [2.75, 3.05) is 19.5 Å². The Morgan fingerprint density at radius 2 is 1.79 bits per heavy atom. The van der Waals surface area contributed by atoms with Crippen LogP contribution in [0.15, 0.2) is 72.9 Å². The van der Waals surface area contributed by atoms with Crippen molar-refractivity contribution in [2.45, 2.75) is 108 Å². The molecule has 276 valence electrons. The third-order valence-electron chi connectivity index (χ3n) is 11.9. The summed E-state index contributed by atoms with van der Waals surface area (Å²) < 4.78 is 25.5. The lowest BCUT2D eigenvalue weighted by molar-refractivity contribution is -0.199. The molecule has 1 aromatic heterocycles. The number of hydrogen-bond acceptors (Lipinski definition) is 8. The van der Waals surface area contributed by atoms with Crippen molar-refractivity contribution >= 4 is 25.0 Å². The molecular weight excluding hydrogens is 669 g/mol. The number of nitriles is 1. The summed E-state index contributed by atoms with van der Waals surface area (Å²) in [6, 6.07) is 24.5. The number of alkyl carbamates (subject to hydrolysis) is 1. The highest BCUT2D eigenvalue weighted by molar-refractivity contribution is 7.99. The van der Waals surface area contributed by atoms with E-state index in [0.29, 0.717) is 44.3 Å². The fourth-order valence-corrected chi connectivity index (χ4v) is 8.73. The molecule has 2 bridgehead atoms. The molecule has 4 fully saturated rings. The van der Waals surface area contributed by atoms with E-state index in [-0.39, 0.29) is 34.4 Å². The number of aromatic nitrogens is 1. The molecule has 8 nitrogen and oxygen atoms in total. The van der Waals surface area contributed by atoms with Crippen LogP contribution in [0.5, 0.6) is 0 Å². The van der Waals surface area contributed by atoms with Gasteiger partial charge in [-0.2, -0.15) is 17.0 Å². The molecule has 3 aromatic rings. The maximum absolute atomic E-state index is 13.4. The molecule has 2 aromatic carbocycles. The minimum absolute atomic E-state index is 0.0196. The van der Waals surface area contributed by atoms with Crippen LogP contribution in [0.4, 0.5) is 4.79 Å². The van der Waals surface area contributed by atoms with Crippen LogP contribution in [0.3, 0.4) is 0 Å². The van der Waals surface area contributed by atoms with Crippen molar-refractivity contribution in [1.82, 2.24) is 10.3 Å². The SMILES string of the molecule is CSC(C)(C)CCOCc1cc(CCOC(=O)N[C@@H](Cc2ccccc2)B2O[C@@H]3CC4CC(C4(C)C)[C@]3(C)O2)cc(CC(C#N)c2ccccn2)c1. The molecule has 3 saturated carbocycles. The van der Waals surface area contributed by atoms with Crippen LogP contribution in [-0.4, -0.2) is 60.1 Å². The predicted octanol–water partition coefficient (Wildman–Crippen LogP) is 8.13. The molecule has 0 spiro atoms. The second kappa shape index (κ2) is 16.3. The van der Waals surface area contributed by atoms with Crippen molar-refractivity contribution in [1.29, 1.82) is 5.26 Å². The van der Waals surface area contributed by atoms with Gasteiger partial charge in [0.1, 0.15) is 0 Å². The van der Waals surface area contributed by atoms with Gasteiger partial charge >= 0.3 is 13.2 Å². The quantitative estimate of drug-likeness (QED) is 0.117. The molecule has 1 aliphatic heterocycles. The lowest BCUT2D eigenvalue weighted by Crippen LogP contribution is -2.65. The normalized spacial score (nSPS) is 24.2. The van der Waals surface area contributed by atoms with Gasteiger partial charge in [-0.25, -0.2) is 4.79 Å². The third kappa shape index (κ3) is 8.87. The molecule has 10 heteroatoms. The zero-order valence-electron chi connectivity index (χ0n) is 31.6. The van der Waals surface area contributed by atoms with E-state index < -0.39 is 19.2 Å². The smallest absolute Gasteiger partial charge is 0.449 e. The first kappa shape index (κ1) is 38.4. The highest BCUT2D eigenvalue weighted by atomic mass is 32.2. The van der Waals surface area contributed by atoms with Gasteiger partial charge < -0.3 is 24.1 Å². The molecule has 4 aliphatic rings. The number of nitrogens with zero attached hydrogens (tertiary/aromatic N) is 2. The van der Waals surface area contributed by atoms with E-state index in [1.807, 2.05) is 48.2 Å². The molecule has 6 atom stereocenters. The largest absolute Gasteiger partial charge is 0.482 e.